The average Bonchev–Trinajstić information content (AvgIpc) is 1.85. The molecule has 3 heteroatoms. The van der Waals surface area contributed by atoms with Crippen LogP contribution in [0.2, 0.25) is 0 Å². The Morgan fingerprint density at radius 3 is 1.91 bits per heavy atom. The third-order valence-corrected chi connectivity index (χ3v) is 1.57. The maximum atomic E-state index is 10.8. The van der Waals surface area contributed by atoms with Crippen LogP contribution in [0.25, 0.3) is 0 Å². The van der Waals surface area contributed by atoms with E-state index in [9.17, 15) is 4.79 Å². The number of carbonyl (C=O) groups is 1. The van der Waals surface area contributed by atoms with Gasteiger partial charge in [-0.15, -0.1) is 0 Å². The van der Waals surface area contributed by atoms with Crippen LogP contribution in [0, 0.1) is 5.92 Å². The zero-order valence-corrected chi connectivity index (χ0v) is 7.35. The molecule has 0 fully saturated rings. The molecule has 0 aromatic carbocycles. The standard InChI is InChI=1S/C8H16N2O/c1-4-6(9)7(5(2)3)8(10)11/h5H,4,9H2,1-3H3,(H2,10,11)/b7-6+. The van der Waals surface area contributed by atoms with E-state index < -0.39 is 5.91 Å². The molecule has 0 aromatic heterocycles. The second-order valence-corrected chi connectivity index (χ2v) is 2.81. The Bertz CT molecular complexity index is 183. The molecule has 4 N–H and O–H groups in total. The highest BCUT2D eigenvalue weighted by Gasteiger charge is 2.12. The Balaban J connectivity index is 4.73. The van der Waals surface area contributed by atoms with Gasteiger partial charge in [0.2, 0.25) is 5.91 Å². The summed E-state index contributed by atoms with van der Waals surface area (Å²) >= 11 is 0. The van der Waals surface area contributed by atoms with Gasteiger partial charge in [-0.1, -0.05) is 20.8 Å². The summed E-state index contributed by atoms with van der Waals surface area (Å²) in [6.45, 7) is 5.71. The third-order valence-electron chi connectivity index (χ3n) is 1.57. The van der Waals surface area contributed by atoms with Gasteiger partial charge in [-0.25, -0.2) is 0 Å². The molecule has 0 aliphatic carbocycles. The number of allylic oxidation sites excluding steroid dienone is 1. The summed E-state index contributed by atoms with van der Waals surface area (Å²) in [5.74, 6) is -0.285. The molecular weight excluding hydrogens is 140 g/mol. The average molecular weight is 156 g/mol. The van der Waals surface area contributed by atoms with Crippen molar-refractivity contribution >= 4 is 5.91 Å². The number of hydrogen-bond acceptors (Lipinski definition) is 2. The van der Waals surface area contributed by atoms with Gasteiger partial charge in [-0.3, -0.25) is 4.79 Å². The van der Waals surface area contributed by atoms with Crippen molar-refractivity contribution in [2.24, 2.45) is 17.4 Å². The predicted molar refractivity (Wildman–Crippen MR) is 45.5 cm³/mol. The number of primary amides is 1. The Kier molecular flexibility index (Phi) is 3.65. The molecule has 0 aliphatic rings. The van der Waals surface area contributed by atoms with Crippen LogP contribution >= 0.6 is 0 Å². The lowest BCUT2D eigenvalue weighted by atomic mass is 9.99. The Hall–Kier alpha value is -0.990. The fourth-order valence-corrected chi connectivity index (χ4v) is 1.00. The molecule has 11 heavy (non-hydrogen) atoms. The Labute approximate surface area is 67.4 Å². The highest BCUT2D eigenvalue weighted by Crippen LogP contribution is 2.12. The van der Waals surface area contributed by atoms with Crippen LogP contribution in [0.3, 0.4) is 0 Å². The lowest BCUT2D eigenvalue weighted by Gasteiger charge is -2.10. The summed E-state index contributed by atoms with van der Waals surface area (Å²) in [4.78, 5) is 10.8. The van der Waals surface area contributed by atoms with Crippen LogP contribution < -0.4 is 11.5 Å². The van der Waals surface area contributed by atoms with Crippen molar-refractivity contribution in [3.63, 3.8) is 0 Å². The smallest absolute Gasteiger partial charge is 0.246 e. The number of carbonyl (C=O) groups excluding carboxylic acids is 1. The Morgan fingerprint density at radius 2 is 1.82 bits per heavy atom. The third kappa shape index (κ3) is 2.62. The van der Waals surface area contributed by atoms with Crippen LogP contribution in [0.15, 0.2) is 11.3 Å². The molecule has 0 heterocycles. The van der Waals surface area contributed by atoms with Crippen LogP contribution in [0.4, 0.5) is 0 Å². The second-order valence-electron chi connectivity index (χ2n) is 2.81. The molecule has 0 rings (SSSR count). The molecule has 0 aromatic rings. The predicted octanol–water partition coefficient (Wildman–Crippen LogP) is 0.750. The largest absolute Gasteiger partial charge is 0.402 e. The van der Waals surface area contributed by atoms with E-state index in [4.69, 9.17) is 11.5 Å². The van der Waals surface area contributed by atoms with E-state index in [-0.39, 0.29) is 5.92 Å². The molecule has 64 valence electrons. The molecule has 1 amide bonds. The van der Waals surface area contributed by atoms with Gasteiger partial charge in [0.25, 0.3) is 0 Å². The first-order valence-electron chi connectivity index (χ1n) is 3.79. The summed E-state index contributed by atoms with van der Waals surface area (Å²) in [5, 5.41) is 0. The zero-order chi connectivity index (χ0) is 9.02. The first-order chi connectivity index (χ1) is 5.00. The number of nitrogens with two attached hydrogens (primary N) is 2. The van der Waals surface area contributed by atoms with E-state index in [0.29, 0.717) is 17.7 Å². The van der Waals surface area contributed by atoms with Crippen molar-refractivity contribution in [1.29, 1.82) is 0 Å². The first kappa shape index (κ1) is 10.0. The molecule has 0 unspecified atom stereocenters. The van der Waals surface area contributed by atoms with Crippen LogP contribution in [0.5, 0.6) is 0 Å². The van der Waals surface area contributed by atoms with E-state index in [2.05, 4.69) is 0 Å². The molecule has 0 radical (unpaired) electrons. The summed E-state index contributed by atoms with van der Waals surface area (Å²) in [5.41, 5.74) is 11.9. The van der Waals surface area contributed by atoms with E-state index in [1.807, 2.05) is 20.8 Å². The molecule has 0 saturated carbocycles. The molecular formula is C8H16N2O. The number of rotatable bonds is 3. The van der Waals surface area contributed by atoms with Crippen molar-refractivity contribution in [3.05, 3.63) is 11.3 Å². The van der Waals surface area contributed by atoms with Crippen molar-refractivity contribution in [2.75, 3.05) is 0 Å². The molecule has 3 nitrogen and oxygen atoms in total. The zero-order valence-electron chi connectivity index (χ0n) is 7.35. The van der Waals surface area contributed by atoms with Crippen molar-refractivity contribution in [1.82, 2.24) is 0 Å². The van der Waals surface area contributed by atoms with Crippen molar-refractivity contribution in [2.45, 2.75) is 27.2 Å². The highest BCUT2D eigenvalue weighted by atomic mass is 16.1. The van der Waals surface area contributed by atoms with Crippen LogP contribution in [-0.2, 0) is 4.79 Å². The minimum Gasteiger partial charge on any atom is -0.402 e. The normalized spacial score (nSPS) is 13.1. The van der Waals surface area contributed by atoms with Gasteiger partial charge in [0.05, 0.1) is 0 Å². The van der Waals surface area contributed by atoms with Gasteiger partial charge in [-0.2, -0.15) is 0 Å². The number of hydrogen-bond donors (Lipinski definition) is 2. The van der Waals surface area contributed by atoms with Gasteiger partial charge in [-0.05, 0) is 12.3 Å². The molecule has 0 bridgehead atoms. The quantitative estimate of drug-likeness (QED) is 0.592. The minimum absolute atomic E-state index is 0.118. The first-order valence-corrected chi connectivity index (χ1v) is 3.79. The second kappa shape index (κ2) is 4.01. The van der Waals surface area contributed by atoms with Crippen molar-refractivity contribution in [3.8, 4) is 0 Å². The molecule has 0 saturated heterocycles. The van der Waals surface area contributed by atoms with Crippen LogP contribution in [-0.4, -0.2) is 5.91 Å². The maximum Gasteiger partial charge on any atom is 0.246 e. The summed E-state index contributed by atoms with van der Waals surface area (Å²) < 4.78 is 0. The SMILES string of the molecule is CC/C(N)=C(\C(N)=O)C(C)C. The van der Waals surface area contributed by atoms with Crippen molar-refractivity contribution < 1.29 is 4.79 Å². The van der Waals surface area contributed by atoms with Gasteiger partial charge >= 0.3 is 0 Å². The number of amides is 1. The van der Waals surface area contributed by atoms with Gasteiger partial charge < -0.3 is 11.5 Å². The summed E-state index contributed by atoms with van der Waals surface area (Å²) in [7, 11) is 0. The van der Waals surface area contributed by atoms with Gasteiger partial charge in [0.15, 0.2) is 0 Å². The molecule has 0 atom stereocenters. The lowest BCUT2D eigenvalue weighted by molar-refractivity contribution is -0.115. The lowest BCUT2D eigenvalue weighted by Crippen LogP contribution is -2.22. The van der Waals surface area contributed by atoms with Gasteiger partial charge in [0.1, 0.15) is 0 Å². The fraction of sp³-hybridized carbons (Fsp3) is 0.625. The Morgan fingerprint density at radius 1 is 1.36 bits per heavy atom. The monoisotopic (exact) mass is 156 g/mol. The molecule has 0 aliphatic heterocycles. The van der Waals surface area contributed by atoms with E-state index in [1.165, 1.54) is 0 Å². The van der Waals surface area contributed by atoms with E-state index in [1.54, 1.807) is 0 Å². The van der Waals surface area contributed by atoms with Crippen LogP contribution in [0.1, 0.15) is 27.2 Å². The maximum absolute atomic E-state index is 10.8. The van der Waals surface area contributed by atoms with E-state index in [0.717, 1.165) is 0 Å². The van der Waals surface area contributed by atoms with Gasteiger partial charge in [0, 0.05) is 11.3 Å². The molecule has 0 spiro atoms. The van der Waals surface area contributed by atoms with E-state index >= 15 is 0 Å². The summed E-state index contributed by atoms with van der Waals surface area (Å²) in [6, 6.07) is 0. The fourth-order valence-electron chi connectivity index (χ4n) is 1.00. The topological polar surface area (TPSA) is 69.1 Å². The summed E-state index contributed by atoms with van der Waals surface area (Å²) in [6.07, 6.45) is 0.677. The highest BCUT2D eigenvalue weighted by molar-refractivity contribution is 5.92. The minimum atomic E-state index is -0.403.